The fourth-order valence-corrected chi connectivity index (χ4v) is 2.92. The van der Waals surface area contributed by atoms with Crippen LogP contribution in [0.25, 0.3) is 11.4 Å². The van der Waals surface area contributed by atoms with Gasteiger partial charge in [-0.2, -0.15) is 0 Å². The number of halogens is 1. The van der Waals surface area contributed by atoms with E-state index in [4.69, 9.17) is 16.7 Å². The topological polar surface area (TPSA) is 66.3 Å². The molecule has 6 heteroatoms. The van der Waals surface area contributed by atoms with Gasteiger partial charge in [0.05, 0.1) is 5.92 Å². The summed E-state index contributed by atoms with van der Waals surface area (Å²) in [7, 11) is 0. The summed E-state index contributed by atoms with van der Waals surface area (Å²) in [5.41, 5.74) is 1.81. The third-order valence-corrected chi connectivity index (χ3v) is 4.36. The van der Waals surface area contributed by atoms with E-state index in [1.165, 1.54) is 0 Å². The highest BCUT2D eigenvalue weighted by atomic mass is 35.5. The highest BCUT2D eigenvalue weighted by Crippen LogP contribution is 2.25. The Labute approximate surface area is 139 Å². The van der Waals surface area contributed by atoms with Crippen LogP contribution in [0.2, 0.25) is 5.02 Å². The maximum atomic E-state index is 11.1. The van der Waals surface area contributed by atoms with Crippen LogP contribution in [0.1, 0.15) is 18.5 Å². The number of nitrogens with zero attached hydrogens (tertiary/aromatic N) is 3. The smallest absolute Gasteiger partial charge is 0.306 e. The summed E-state index contributed by atoms with van der Waals surface area (Å²) in [5.74, 6) is 0.568. The van der Waals surface area contributed by atoms with E-state index >= 15 is 0 Å². The predicted molar refractivity (Wildman–Crippen MR) is 89.8 cm³/mol. The van der Waals surface area contributed by atoms with Gasteiger partial charge in [0, 0.05) is 35.4 Å². The number of aryl methyl sites for hydroxylation is 1. The van der Waals surface area contributed by atoms with Gasteiger partial charge in [-0.05, 0) is 44.0 Å². The monoisotopic (exact) mass is 331 g/mol. The fourth-order valence-electron chi connectivity index (χ4n) is 2.80. The van der Waals surface area contributed by atoms with Crippen LogP contribution in [-0.2, 0) is 4.79 Å². The Morgan fingerprint density at radius 1 is 1.22 bits per heavy atom. The number of benzene rings is 1. The number of piperidine rings is 1. The van der Waals surface area contributed by atoms with Crippen molar-refractivity contribution in [3.05, 3.63) is 41.0 Å². The highest BCUT2D eigenvalue weighted by Gasteiger charge is 2.25. The third kappa shape index (κ3) is 3.62. The summed E-state index contributed by atoms with van der Waals surface area (Å²) in [6.07, 6.45) is 1.29. The number of hydrogen-bond donors (Lipinski definition) is 1. The van der Waals surface area contributed by atoms with Crippen LogP contribution in [0, 0.1) is 12.8 Å². The summed E-state index contributed by atoms with van der Waals surface area (Å²) >= 11 is 5.93. The molecule has 0 amide bonds. The van der Waals surface area contributed by atoms with Crippen LogP contribution in [0.15, 0.2) is 30.3 Å². The largest absolute Gasteiger partial charge is 0.481 e. The Kier molecular flexibility index (Phi) is 4.48. The van der Waals surface area contributed by atoms with E-state index in [1.54, 1.807) is 0 Å². The number of rotatable bonds is 3. The van der Waals surface area contributed by atoms with Crippen LogP contribution in [-0.4, -0.2) is 34.1 Å². The van der Waals surface area contributed by atoms with E-state index in [1.807, 2.05) is 37.3 Å². The van der Waals surface area contributed by atoms with Gasteiger partial charge in [0.2, 0.25) is 0 Å². The minimum absolute atomic E-state index is 0.245. The Morgan fingerprint density at radius 2 is 1.87 bits per heavy atom. The van der Waals surface area contributed by atoms with Crippen LogP contribution in [0.5, 0.6) is 0 Å². The molecule has 2 heterocycles. The molecule has 0 radical (unpaired) electrons. The van der Waals surface area contributed by atoms with Crippen molar-refractivity contribution in [1.29, 1.82) is 0 Å². The van der Waals surface area contributed by atoms with Crippen LogP contribution < -0.4 is 4.90 Å². The molecule has 1 saturated heterocycles. The molecule has 23 heavy (non-hydrogen) atoms. The number of aliphatic carboxylic acids is 1. The first-order valence-corrected chi connectivity index (χ1v) is 8.00. The van der Waals surface area contributed by atoms with Crippen LogP contribution in [0.3, 0.4) is 0 Å². The predicted octanol–water partition coefficient (Wildman–Crippen LogP) is 3.41. The average molecular weight is 332 g/mol. The molecule has 0 saturated carbocycles. The van der Waals surface area contributed by atoms with Gasteiger partial charge in [-0.1, -0.05) is 11.6 Å². The average Bonchev–Trinajstić information content (AvgIpc) is 2.55. The molecule has 0 unspecified atom stereocenters. The molecule has 0 atom stereocenters. The number of carbonyl (C=O) groups is 1. The third-order valence-electron chi connectivity index (χ3n) is 4.11. The van der Waals surface area contributed by atoms with Crippen molar-refractivity contribution in [3.63, 3.8) is 0 Å². The van der Waals surface area contributed by atoms with Gasteiger partial charge >= 0.3 is 5.97 Å². The summed E-state index contributed by atoms with van der Waals surface area (Å²) in [6.45, 7) is 3.34. The first-order chi connectivity index (χ1) is 11.0. The molecule has 2 aromatic rings. The lowest BCUT2D eigenvalue weighted by Crippen LogP contribution is -2.36. The minimum Gasteiger partial charge on any atom is -0.481 e. The second-order valence-electron chi connectivity index (χ2n) is 5.80. The Hall–Kier alpha value is -2.14. The Morgan fingerprint density at radius 3 is 2.48 bits per heavy atom. The molecular weight excluding hydrogens is 314 g/mol. The Balaban J connectivity index is 1.84. The van der Waals surface area contributed by atoms with Crippen molar-refractivity contribution < 1.29 is 9.90 Å². The molecule has 0 aliphatic carbocycles. The zero-order chi connectivity index (χ0) is 16.4. The second-order valence-corrected chi connectivity index (χ2v) is 6.23. The first-order valence-electron chi connectivity index (χ1n) is 7.62. The van der Waals surface area contributed by atoms with Gasteiger partial charge < -0.3 is 10.0 Å². The molecule has 0 spiro atoms. The molecule has 1 N–H and O–H groups in total. The molecule has 1 aromatic heterocycles. The van der Waals surface area contributed by atoms with E-state index in [2.05, 4.69) is 14.9 Å². The van der Waals surface area contributed by atoms with Gasteiger partial charge in [-0.3, -0.25) is 4.79 Å². The maximum Gasteiger partial charge on any atom is 0.306 e. The van der Waals surface area contributed by atoms with Crippen molar-refractivity contribution in [1.82, 2.24) is 9.97 Å². The van der Waals surface area contributed by atoms with Gasteiger partial charge in [-0.15, -0.1) is 0 Å². The molecular formula is C17H18ClN3O2. The van der Waals surface area contributed by atoms with Crippen molar-refractivity contribution in [3.8, 4) is 11.4 Å². The molecule has 0 bridgehead atoms. The summed E-state index contributed by atoms with van der Waals surface area (Å²) in [4.78, 5) is 22.3. The zero-order valence-electron chi connectivity index (χ0n) is 12.9. The number of carboxylic acids is 1. The van der Waals surface area contributed by atoms with E-state index in [9.17, 15) is 4.79 Å². The van der Waals surface area contributed by atoms with E-state index in [0.29, 0.717) is 36.8 Å². The molecule has 1 fully saturated rings. The molecule has 1 aromatic carbocycles. The normalized spacial score (nSPS) is 15.7. The van der Waals surface area contributed by atoms with Crippen molar-refractivity contribution >= 4 is 23.4 Å². The van der Waals surface area contributed by atoms with Gasteiger partial charge in [0.15, 0.2) is 5.82 Å². The van der Waals surface area contributed by atoms with Gasteiger partial charge in [0.25, 0.3) is 0 Å². The summed E-state index contributed by atoms with van der Waals surface area (Å²) in [6, 6.07) is 9.39. The first kappa shape index (κ1) is 15.7. The summed E-state index contributed by atoms with van der Waals surface area (Å²) < 4.78 is 0. The molecule has 5 nitrogen and oxygen atoms in total. The number of carboxylic acid groups (broad SMARTS) is 1. The Bertz CT molecular complexity index is 710. The minimum atomic E-state index is -0.703. The second kappa shape index (κ2) is 6.54. The SMILES string of the molecule is Cc1cc(N2CCC(C(=O)O)CC2)nc(-c2ccc(Cl)cc2)n1. The van der Waals surface area contributed by atoms with Crippen LogP contribution >= 0.6 is 11.6 Å². The molecule has 1 aliphatic heterocycles. The summed E-state index contributed by atoms with van der Waals surface area (Å²) in [5, 5.41) is 9.78. The lowest BCUT2D eigenvalue weighted by atomic mass is 9.97. The lowest BCUT2D eigenvalue weighted by Gasteiger charge is -2.31. The highest BCUT2D eigenvalue weighted by molar-refractivity contribution is 6.30. The fraction of sp³-hybridized carbons (Fsp3) is 0.353. The maximum absolute atomic E-state index is 11.1. The number of hydrogen-bond acceptors (Lipinski definition) is 4. The quantitative estimate of drug-likeness (QED) is 0.933. The van der Waals surface area contributed by atoms with E-state index in [0.717, 1.165) is 17.1 Å². The van der Waals surface area contributed by atoms with Gasteiger partial charge in [-0.25, -0.2) is 9.97 Å². The van der Waals surface area contributed by atoms with E-state index < -0.39 is 5.97 Å². The van der Waals surface area contributed by atoms with Crippen LogP contribution in [0.4, 0.5) is 5.82 Å². The molecule has 120 valence electrons. The van der Waals surface area contributed by atoms with E-state index in [-0.39, 0.29) is 5.92 Å². The zero-order valence-corrected chi connectivity index (χ0v) is 13.6. The molecule has 1 aliphatic rings. The lowest BCUT2D eigenvalue weighted by molar-refractivity contribution is -0.142. The standard InChI is InChI=1S/C17H18ClN3O2/c1-11-10-15(21-8-6-13(7-9-21)17(22)23)20-16(19-11)12-2-4-14(18)5-3-12/h2-5,10,13H,6-9H2,1H3,(H,22,23). The van der Waals surface area contributed by atoms with Crippen molar-refractivity contribution in [2.75, 3.05) is 18.0 Å². The number of aromatic nitrogens is 2. The van der Waals surface area contributed by atoms with Crippen molar-refractivity contribution in [2.24, 2.45) is 5.92 Å². The number of anilines is 1. The molecule has 3 rings (SSSR count). The van der Waals surface area contributed by atoms with Crippen molar-refractivity contribution in [2.45, 2.75) is 19.8 Å². The van der Waals surface area contributed by atoms with Gasteiger partial charge in [0.1, 0.15) is 5.82 Å².